The Morgan fingerprint density at radius 3 is 3.04 bits per heavy atom. The molecule has 0 saturated carbocycles. The normalized spacial score (nSPS) is 27.9. The van der Waals surface area contributed by atoms with Crippen LogP contribution in [0.5, 0.6) is 0 Å². The van der Waals surface area contributed by atoms with E-state index in [0.29, 0.717) is 6.04 Å². The van der Waals surface area contributed by atoms with E-state index in [2.05, 4.69) is 53.3 Å². The van der Waals surface area contributed by atoms with Crippen molar-refractivity contribution in [2.75, 3.05) is 33.7 Å². The molecular weight excluding hydrogens is 298 g/mol. The molecule has 0 unspecified atom stereocenters. The number of fused-ring (bicyclic) bond motifs is 2. The lowest BCUT2D eigenvalue weighted by Gasteiger charge is -2.41. The number of aromatic amines is 1. The first-order valence-electron chi connectivity index (χ1n) is 9.27. The minimum Gasteiger partial charge on any atom is -0.385 e. The maximum atomic E-state index is 11.4. The smallest absolute Gasteiger partial charge is 0.0923 e. The van der Waals surface area contributed by atoms with Crippen LogP contribution in [0.25, 0.3) is 10.9 Å². The van der Waals surface area contributed by atoms with E-state index in [1.54, 1.807) is 0 Å². The van der Waals surface area contributed by atoms with Gasteiger partial charge in [0.25, 0.3) is 0 Å². The summed E-state index contributed by atoms with van der Waals surface area (Å²) in [6, 6.07) is 7.07. The number of H-pyrrole nitrogens is 1. The number of rotatable bonds is 4. The van der Waals surface area contributed by atoms with E-state index in [0.717, 1.165) is 37.9 Å². The molecule has 0 amide bonds. The SMILES string of the molecule is CN(C)CCc1c[nH]c2ccc([C@@]3(O)CCN4CCC[C@H]4C3)cc12. The lowest BCUT2D eigenvalue weighted by atomic mass is 9.80. The van der Waals surface area contributed by atoms with Gasteiger partial charge in [-0.25, -0.2) is 0 Å². The molecule has 1 aromatic carbocycles. The molecule has 2 fully saturated rings. The molecule has 1 aromatic heterocycles. The Balaban J connectivity index is 1.62. The number of benzene rings is 1. The summed E-state index contributed by atoms with van der Waals surface area (Å²) in [5.41, 5.74) is 2.97. The van der Waals surface area contributed by atoms with Crippen molar-refractivity contribution in [2.24, 2.45) is 0 Å². The van der Waals surface area contributed by atoms with E-state index in [-0.39, 0.29) is 0 Å². The van der Waals surface area contributed by atoms with Crippen molar-refractivity contribution < 1.29 is 5.11 Å². The van der Waals surface area contributed by atoms with Crippen LogP contribution in [0, 0.1) is 0 Å². The van der Waals surface area contributed by atoms with Crippen molar-refractivity contribution in [1.82, 2.24) is 14.8 Å². The molecule has 2 aromatic rings. The van der Waals surface area contributed by atoms with Gasteiger partial charge in [0.05, 0.1) is 5.60 Å². The summed E-state index contributed by atoms with van der Waals surface area (Å²) in [6.07, 6.45) is 7.42. The molecule has 4 heteroatoms. The van der Waals surface area contributed by atoms with Crippen molar-refractivity contribution in [3.05, 3.63) is 35.5 Å². The molecule has 0 spiro atoms. The molecule has 130 valence electrons. The van der Waals surface area contributed by atoms with Crippen LogP contribution < -0.4 is 0 Å². The van der Waals surface area contributed by atoms with Crippen molar-refractivity contribution >= 4 is 10.9 Å². The Hall–Kier alpha value is -1.36. The first kappa shape index (κ1) is 16.1. The summed E-state index contributed by atoms with van der Waals surface area (Å²) < 4.78 is 0. The van der Waals surface area contributed by atoms with Crippen LogP contribution in [0.3, 0.4) is 0 Å². The average molecular weight is 327 g/mol. The van der Waals surface area contributed by atoms with Crippen molar-refractivity contribution in [1.29, 1.82) is 0 Å². The molecule has 0 radical (unpaired) electrons. The van der Waals surface area contributed by atoms with Crippen molar-refractivity contribution in [3.8, 4) is 0 Å². The quantitative estimate of drug-likeness (QED) is 0.907. The molecule has 4 nitrogen and oxygen atoms in total. The second kappa shape index (κ2) is 6.17. The van der Waals surface area contributed by atoms with E-state index in [1.807, 2.05) is 0 Å². The van der Waals surface area contributed by atoms with Gasteiger partial charge in [0, 0.05) is 36.2 Å². The number of aromatic nitrogens is 1. The molecule has 2 atom stereocenters. The Morgan fingerprint density at radius 1 is 1.33 bits per heavy atom. The van der Waals surface area contributed by atoms with Crippen LogP contribution in [0.4, 0.5) is 0 Å². The number of nitrogens with one attached hydrogen (secondary N) is 1. The monoisotopic (exact) mass is 327 g/mol. The number of likely N-dealkylation sites (N-methyl/N-ethyl adjacent to an activating group) is 1. The topological polar surface area (TPSA) is 42.5 Å². The Kier molecular flexibility index (Phi) is 4.15. The third-order valence-corrected chi connectivity index (χ3v) is 6.02. The molecule has 2 saturated heterocycles. The van der Waals surface area contributed by atoms with Gasteiger partial charge in [0.15, 0.2) is 0 Å². The largest absolute Gasteiger partial charge is 0.385 e. The van der Waals surface area contributed by atoms with Gasteiger partial charge in [-0.05, 0) is 76.0 Å². The summed E-state index contributed by atoms with van der Waals surface area (Å²) in [5, 5.41) is 12.6. The van der Waals surface area contributed by atoms with Gasteiger partial charge >= 0.3 is 0 Å². The predicted octanol–water partition coefficient (Wildman–Crippen LogP) is 2.72. The van der Waals surface area contributed by atoms with E-state index < -0.39 is 5.60 Å². The molecule has 2 aliphatic rings. The van der Waals surface area contributed by atoms with Gasteiger partial charge in [-0.3, -0.25) is 0 Å². The van der Waals surface area contributed by atoms with Crippen LogP contribution in [0.15, 0.2) is 24.4 Å². The molecule has 0 aliphatic carbocycles. The molecule has 2 aliphatic heterocycles. The number of aliphatic hydroxyl groups is 1. The highest BCUT2D eigenvalue weighted by Crippen LogP contribution is 2.40. The summed E-state index contributed by atoms with van der Waals surface area (Å²) in [4.78, 5) is 8.16. The Morgan fingerprint density at radius 2 is 2.21 bits per heavy atom. The van der Waals surface area contributed by atoms with Gasteiger partial charge in [-0.2, -0.15) is 0 Å². The fourth-order valence-electron chi connectivity index (χ4n) is 4.52. The number of hydrogen-bond donors (Lipinski definition) is 2. The first-order valence-corrected chi connectivity index (χ1v) is 9.27. The number of hydrogen-bond acceptors (Lipinski definition) is 3. The highest BCUT2D eigenvalue weighted by molar-refractivity contribution is 5.84. The molecule has 24 heavy (non-hydrogen) atoms. The Labute approximate surface area is 144 Å². The molecule has 4 rings (SSSR count). The van der Waals surface area contributed by atoms with Crippen LogP contribution in [-0.2, 0) is 12.0 Å². The van der Waals surface area contributed by atoms with Crippen molar-refractivity contribution in [3.63, 3.8) is 0 Å². The van der Waals surface area contributed by atoms with Gasteiger partial charge in [0.2, 0.25) is 0 Å². The summed E-state index contributed by atoms with van der Waals surface area (Å²) >= 11 is 0. The zero-order chi connectivity index (χ0) is 16.7. The Bertz CT molecular complexity index is 723. The van der Waals surface area contributed by atoms with E-state index in [1.165, 1.54) is 35.9 Å². The molecule has 2 N–H and O–H groups in total. The maximum Gasteiger partial charge on any atom is 0.0923 e. The van der Waals surface area contributed by atoms with Crippen molar-refractivity contribution in [2.45, 2.75) is 43.7 Å². The minimum atomic E-state index is -0.657. The fourth-order valence-corrected chi connectivity index (χ4v) is 4.52. The van der Waals surface area contributed by atoms with E-state index >= 15 is 0 Å². The number of nitrogens with zero attached hydrogens (tertiary/aromatic N) is 2. The zero-order valence-electron chi connectivity index (χ0n) is 14.9. The highest BCUT2D eigenvalue weighted by Gasteiger charge is 2.41. The summed E-state index contributed by atoms with van der Waals surface area (Å²) in [6.45, 7) is 3.28. The number of piperidine rings is 1. The third kappa shape index (κ3) is 2.87. The maximum absolute atomic E-state index is 11.4. The lowest BCUT2D eigenvalue weighted by molar-refractivity contribution is -0.0408. The second-order valence-corrected chi connectivity index (χ2v) is 7.95. The second-order valence-electron chi connectivity index (χ2n) is 7.95. The molecule has 0 bridgehead atoms. The average Bonchev–Trinajstić information content (AvgIpc) is 3.18. The summed E-state index contributed by atoms with van der Waals surface area (Å²) in [7, 11) is 4.22. The fraction of sp³-hybridized carbons (Fsp3) is 0.600. The zero-order valence-corrected chi connectivity index (χ0v) is 14.9. The van der Waals surface area contributed by atoms with E-state index in [4.69, 9.17) is 0 Å². The van der Waals surface area contributed by atoms with Crippen LogP contribution in [0.1, 0.15) is 36.8 Å². The minimum absolute atomic E-state index is 0.568. The lowest BCUT2D eigenvalue weighted by Crippen LogP contribution is -2.45. The van der Waals surface area contributed by atoms with Crippen LogP contribution in [-0.4, -0.2) is 59.7 Å². The standard InChI is InChI=1S/C20H29N3O/c1-22(2)10-7-15-14-21-19-6-5-16(12-18(15)19)20(24)8-11-23-9-3-4-17(23)13-20/h5-6,12,14,17,21,24H,3-4,7-11,13H2,1-2H3/t17-,20+/m0/s1. The van der Waals surface area contributed by atoms with Gasteiger partial charge < -0.3 is 19.9 Å². The predicted molar refractivity (Wildman–Crippen MR) is 98.3 cm³/mol. The van der Waals surface area contributed by atoms with Crippen LogP contribution >= 0.6 is 0 Å². The molecule has 3 heterocycles. The first-order chi connectivity index (χ1) is 11.5. The van der Waals surface area contributed by atoms with Gasteiger partial charge in [-0.15, -0.1) is 0 Å². The van der Waals surface area contributed by atoms with Crippen LogP contribution in [0.2, 0.25) is 0 Å². The third-order valence-electron chi connectivity index (χ3n) is 6.02. The van der Waals surface area contributed by atoms with Gasteiger partial charge in [0.1, 0.15) is 0 Å². The van der Waals surface area contributed by atoms with E-state index in [9.17, 15) is 5.11 Å². The van der Waals surface area contributed by atoms with Gasteiger partial charge in [-0.1, -0.05) is 6.07 Å². The summed E-state index contributed by atoms with van der Waals surface area (Å²) in [5.74, 6) is 0. The molecular formula is C20H29N3O. The highest BCUT2D eigenvalue weighted by atomic mass is 16.3.